The Hall–Kier alpha value is -6.24. The zero-order valence-corrected chi connectivity index (χ0v) is 32.9. The third kappa shape index (κ3) is 6.56. The Kier molecular flexibility index (Phi) is 9.44. The van der Waals surface area contributed by atoms with Crippen molar-refractivity contribution in [1.82, 2.24) is 19.9 Å². The molecule has 292 valence electrons. The third-order valence-corrected chi connectivity index (χ3v) is 12.6. The van der Waals surface area contributed by atoms with E-state index in [0.29, 0.717) is 43.7 Å². The maximum atomic E-state index is 16.0. The third-order valence-electron chi connectivity index (χ3n) is 10.4. The Bertz CT molecular complexity index is 2670. The van der Waals surface area contributed by atoms with Gasteiger partial charge in [-0.15, -0.1) is 22.7 Å². The fraction of sp³-hybridized carbons (Fsp3) is 0.106. The van der Waals surface area contributed by atoms with E-state index in [2.05, 4.69) is 19.9 Å². The normalized spacial score (nSPS) is 15.5. The van der Waals surface area contributed by atoms with E-state index in [1.165, 1.54) is 26.0 Å². The van der Waals surface area contributed by atoms with Gasteiger partial charge >= 0.3 is 17.8 Å². The first-order valence-corrected chi connectivity index (χ1v) is 20.0. The van der Waals surface area contributed by atoms with E-state index in [-0.39, 0.29) is 20.9 Å². The summed E-state index contributed by atoms with van der Waals surface area (Å²) in [5.74, 6) is -16.0. The Morgan fingerprint density at radius 2 is 0.763 bits per heavy atom. The number of hydrogen-bond donors (Lipinski definition) is 0. The highest BCUT2D eigenvalue weighted by molar-refractivity contribution is 7.16. The van der Waals surface area contributed by atoms with Crippen LogP contribution in [-0.4, -0.2) is 37.7 Å². The van der Waals surface area contributed by atoms with Crippen LogP contribution in [0.3, 0.4) is 0 Å². The summed E-state index contributed by atoms with van der Waals surface area (Å²) in [6.45, 7) is 2.97. The van der Waals surface area contributed by atoms with Gasteiger partial charge in [-0.3, -0.25) is 19.9 Å². The van der Waals surface area contributed by atoms with Crippen molar-refractivity contribution >= 4 is 33.8 Å². The van der Waals surface area contributed by atoms with Gasteiger partial charge in [-0.1, -0.05) is 60.7 Å². The molecule has 0 spiro atoms. The zero-order chi connectivity index (χ0) is 41.1. The molecule has 0 bridgehead atoms. The molecule has 6 heterocycles. The molecular formula is C47H30F6N4S2. The first-order valence-electron chi connectivity index (χ1n) is 18.4. The second kappa shape index (κ2) is 14.5. The lowest BCUT2D eigenvalue weighted by molar-refractivity contribution is -0.254. The zero-order valence-electron chi connectivity index (χ0n) is 31.2. The number of rotatable bonds is 8. The smallest absolute Gasteiger partial charge is 0.255 e. The number of aromatic nitrogens is 4. The van der Waals surface area contributed by atoms with Crippen molar-refractivity contribution in [2.24, 2.45) is 0 Å². The molecule has 0 unspecified atom stereocenters. The van der Waals surface area contributed by atoms with E-state index in [9.17, 15) is 0 Å². The van der Waals surface area contributed by atoms with E-state index in [1.54, 1.807) is 49.1 Å². The number of nitrogens with zero attached hydrogens (tertiary/aromatic N) is 4. The molecular weight excluding hydrogens is 799 g/mol. The maximum absolute atomic E-state index is 16.0. The highest BCUT2D eigenvalue weighted by atomic mass is 32.1. The van der Waals surface area contributed by atoms with Crippen LogP contribution in [0.25, 0.3) is 77.1 Å². The summed E-state index contributed by atoms with van der Waals surface area (Å²) in [7, 11) is 0. The van der Waals surface area contributed by atoms with Gasteiger partial charge in [0, 0.05) is 55.4 Å². The average Bonchev–Trinajstić information content (AvgIpc) is 3.87. The minimum Gasteiger partial charge on any atom is -0.255 e. The lowest BCUT2D eigenvalue weighted by Crippen LogP contribution is -2.48. The monoisotopic (exact) mass is 828 g/mol. The molecule has 0 fully saturated rings. The van der Waals surface area contributed by atoms with Crippen molar-refractivity contribution in [1.29, 1.82) is 0 Å². The number of alkyl halides is 6. The molecule has 12 heteroatoms. The molecule has 2 aromatic carbocycles. The van der Waals surface area contributed by atoms with E-state index in [4.69, 9.17) is 0 Å². The van der Waals surface area contributed by atoms with Crippen molar-refractivity contribution in [3.8, 4) is 65.9 Å². The fourth-order valence-electron chi connectivity index (χ4n) is 7.36. The van der Waals surface area contributed by atoms with Crippen LogP contribution in [0.1, 0.15) is 20.9 Å². The van der Waals surface area contributed by atoms with Gasteiger partial charge in [0.1, 0.15) is 0 Å². The van der Waals surface area contributed by atoms with Crippen molar-refractivity contribution in [3.05, 3.63) is 167 Å². The first kappa shape index (κ1) is 38.3. The molecule has 1 aliphatic carbocycles. The topological polar surface area (TPSA) is 51.6 Å². The van der Waals surface area contributed by atoms with Crippen LogP contribution in [0.15, 0.2) is 146 Å². The van der Waals surface area contributed by atoms with Gasteiger partial charge in [-0.25, -0.2) is 0 Å². The second-order valence-corrected chi connectivity index (χ2v) is 16.6. The maximum Gasteiger partial charge on any atom is 0.380 e. The minimum atomic E-state index is -5.67. The van der Waals surface area contributed by atoms with Gasteiger partial charge in [-0.2, -0.15) is 26.3 Å². The van der Waals surface area contributed by atoms with Gasteiger partial charge in [0.05, 0.1) is 22.8 Å². The highest BCUT2D eigenvalue weighted by Crippen LogP contribution is 2.66. The summed E-state index contributed by atoms with van der Waals surface area (Å²) in [5, 5.41) is 0. The molecule has 0 N–H and O–H groups in total. The predicted molar refractivity (Wildman–Crippen MR) is 224 cm³/mol. The molecule has 8 aromatic rings. The molecule has 6 aromatic heterocycles. The number of halogens is 6. The molecule has 0 amide bonds. The van der Waals surface area contributed by atoms with Gasteiger partial charge in [-0.05, 0) is 119 Å². The number of aryl methyl sites for hydroxylation is 2. The van der Waals surface area contributed by atoms with Crippen LogP contribution in [0, 0.1) is 13.8 Å². The van der Waals surface area contributed by atoms with Gasteiger partial charge in [0.2, 0.25) is 0 Å². The lowest BCUT2D eigenvalue weighted by atomic mass is 9.94. The van der Waals surface area contributed by atoms with Crippen molar-refractivity contribution in [3.63, 3.8) is 0 Å². The standard InChI is InChI=1S/C47H30F6N4S2/c1-27-35(25-41(58-27)31-13-9-29(10-14-31)33-17-21-56-39(23-33)37-7-3-5-19-54-37)43-44(46(50,51)47(52,53)45(43,48)49)36-26-42(59-28(36)2)32-15-11-30(12-16-32)34-18-22-57-40(24-34)38-8-4-6-20-55-38/h3-26H,1-2H3. The predicted octanol–water partition coefficient (Wildman–Crippen LogP) is 13.8. The van der Waals surface area contributed by atoms with Gasteiger partial charge in [0.15, 0.2) is 0 Å². The highest BCUT2D eigenvalue weighted by Gasteiger charge is 2.80. The molecule has 0 atom stereocenters. The fourth-order valence-corrected chi connectivity index (χ4v) is 9.42. The minimum absolute atomic E-state index is 0.213. The number of pyridine rings is 4. The average molecular weight is 829 g/mol. The van der Waals surface area contributed by atoms with E-state index in [0.717, 1.165) is 44.9 Å². The summed E-state index contributed by atoms with van der Waals surface area (Å²) in [5.41, 5.74) is 4.07. The molecule has 0 radical (unpaired) electrons. The summed E-state index contributed by atoms with van der Waals surface area (Å²) in [6.07, 6.45) is 6.72. The molecule has 0 saturated carbocycles. The van der Waals surface area contributed by atoms with Crippen LogP contribution in [0.5, 0.6) is 0 Å². The Morgan fingerprint density at radius 1 is 0.390 bits per heavy atom. The Labute approximate surface area is 343 Å². The number of allylic oxidation sites excluding steroid dienone is 2. The van der Waals surface area contributed by atoms with Crippen LogP contribution in [0.2, 0.25) is 0 Å². The summed E-state index contributed by atoms with van der Waals surface area (Å²) in [4.78, 5) is 18.9. The van der Waals surface area contributed by atoms with Crippen LogP contribution in [-0.2, 0) is 0 Å². The molecule has 1 aliphatic rings. The molecule has 0 aliphatic heterocycles. The number of thiophene rings is 2. The van der Waals surface area contributed by atoms with Crippen molar-refractivity contribution < 1.29 is 26.3 Å². The Balaban J connectivity index is 1.06. The van der Waals surface area contributed by atoms with E-state index in [1.807, 2.05) is 84.9 Å². The molecule has 9 rings (SSSR count). The van der Waals surface area contributed by atoms with Gasteiger partial charge in [0.25, 0.3) is 0 Å². The molecule has 4 nitrogen and oxygen atoms in total. The SMILES string of the molecule is Cc1sc(-c2ccc(-c3ccnc(-c4ccccn4)c3)cc2)cc1C1=C(c2cc(-c3ccc(-c4ccnc(-c5ccccn5)c4)cc3)sc2C)C(F)(F)C(F)(F)C1(F)F. The van der Waals surface area contributed by atoms with Crippen LogP contribution < -0.4 is 0 Å². The quantitative estimate of drug-likeness (QED) is 0.143. The van der Waals surface area contributed by atoms with Crippen molar-refractivity contribution in [2.45, 2.75) is 31.6 Å². The second-order valence-electron chi connectivity index (χ2n) is 14.1. The number of hydrogen-bond acceptors (Lipinski definition) is 6. The summed E-state index contributed by atoms with van der Waals surface area (Å²) in [6, 6.07) is 35.7. The molecule has 0 saturated heterocycles. The Morgan fingerprint density at radius 3 is 1.14 bits per heavy atom. The van der Waals surface area contributed by atoms with Gasteiger partial charge < -0.3 is 0 Å². The van der Waals surface area contributed by atoms with E-state index >= 15 is 26.3 Å². The van der Waals surface area contributed by atoms with E-state index < -0.39 is 28.9 Å². The van der Waals surface area contributed by atoms with Crippen molar-refractivity contribution in [2.75, 3.05) is 0 Å². The lowest BCUT2D eigenvalue weighted by Gasteiger charge is -2.25. The summed E-state index contributed by atoms with van der Waals surface area (Å²) >= 11 is 2.16. The van der Waals surface area contributed by atoms with Crippen LogP contribution in [0.4, 0.5) is 26.3 Å². The van der Waals surface area contributed by atoms with Crippen LogP contribution >= 0.6 is 22.7 Å². The summed E-state index contributed by atoms with van der Waals surface area (Å²) < 4.78 is 94.8. The number of benzene rings is 2. The first-order chi connectivity index (χ1) is 28.3. The largest absolute Gasteiger partial charge is 0.380 e. The molecule has 59 heavy (non-hydrogen) atoms.